The molecule has 8 nitrogen and oxygen atoms in total. The summed E-state index contributed by atoms with van der Waals surface area (Å²) in [5.74, 6) is 1.99. The van der Waals surface area contributed by atoms with Gasteiger partial charge in [0.25, 0.3) is 0 Å². The molecule has 5 rings (SSSR count). The van der Waals surface area contributed by atoms with E-state index in [4.69, 9.17) is 30.8 Å². The van der Waals surface area contributed by atoms with Crippen LogP contribution in [0.25, 0.3) is 11.3 Å². The number of benzene rings is 2. The van der Waals surface area contributed by atoms with Gasteiger partial charge in [0.2, 0.25) is 0 Å². The van der Waals surface area contributed by atoms with Gasteiger partial charge in [-0.3, -0.25) is 4.98 Å². The van der Waals surface area contributed by atoms with Gasteiger partial charge in [-0.05, 0) is 54.7 Å². The quantitative estimate of drug-likeness (QED) is 0.259. The Balaban J connectivity index is 1.63. The number of ether oxygens (including phenoxy) is 3. The van der Waals surface area contributed by atoms with Gasteiger partial charge in [0.1, 0.15) is 29.1 Å². The molecule has 0 bridgehead atoms. The normalized spacial score (nSPS) is 16.8. The molecule has 0 spiro atoms. The molecule has 0 amide bonds. The molecule has 2 unspecified atom stereocenters. The van der Waals surface area contributed by atoms with E-state index in [9.17, 15) is 4.79 Å². The van der Waals surface area contributed by atoms with E-state index in [0.717, 1.165) is 11.4 Å². The largest absolute Gasteiger partial charge is 0.497 e. The topological polar surface area (TPSA) is 86.1 Å². The summed E-state index contributed by atoms with van der Waals surface area (Å²) in [5.41, 5.74) is 2.60. The lowest BCUT2D eigenvalue weighted by Crippen LogP contribution is -2.29. The first kappa shape index (κ1) is 24.3. The van der Waals surface area contributed by atoms with Crippen LogP contribution in [0.5, 0.6) is 11.5 Å². The van der Waals surface area contributed by atoms with Crippen LogP contribution >= 0.6 is 12.2 Å². The maximum absolute atomic E-state index is 12.4. The second-order valence-electron chi connectivity index (χ2n) is 8.27. The minimum Gasteiger partial charge on any atom is -0.497 e. The van der Waals surface area contributed by atoms with Crippen LogP contribution in [-0.2, 0) is 4.74 Å². The summed E-state index contributed by atoms with van der Waals surface area (Å²) < 4.78 is 22.5. The number of anilines is 1. The molecule has 2 atom stereocenters. The Morgan fingerprint density at radius 1 is 1.00 bits per heavy atom. The first-order valence-corrected chi connectivity index (χ1v) is 12.0. The van der Waals surface area contributed by atoms with Crippen molar-refractivity contribution in [3.63, 3.8) is 0 Å². The van der Waals surface area contributed by atoms with Gasteiger partial charge in [-0.2, -0.15) is 0 Å². The second kappa shape index (κ2) is 10.3. The predicted molar refractivity (Wildman–Crippen MR) is 143 cm³/mol. The molecule has 4 aromatic rings. The van der Waals surface area contributed by atoms with Gasteiger partial charge >= 0.3 is 5.97 Å². The number of aromatic nitrogens is 1. The Morgan fingerprint density at radius 2 is 1.81 bits per heavy atom. The number of rotatable bonds is 7. The smallest absolute Gasteiger partial charge is 0.338 e. The summed E-state index contributed by atoms with van der Waals surface area (Å²) >= 11 is 5.81. The van der Waals surface area contributed by atoms with Crippen LogP contribution in [0.15, 0.2) is 83.4 Å². The monoisotopic (exact) mass is 515 g/mol. The van der Waals surface area contributed by atoms with Crippen molar-refractivity contribution < 1.29 is 23.4 Å². The molecule has 2 aromatic heterocycles. The van der Waals surface area contributed by atoms with Crippen molar-refractivity contribution in [3.8, 4) is 22.8 Å². The standard InChI is InChI=1S/C28H25N3O5S/c1-33-17-11-12-21(24(16-17)34-2)31-26(25(30-28(31)37)20-10-6-7-15-29-20)23-14-13-22(36-23)18-8-4-5-9-19(18)27(32)35-3/h4-16,25-26H,1-3H3,(H,30,37). The van der Waals surface area contributed by atoms with Crippen LogP contribution in [0.2, 0.25) is 0 Å². The van der Waals surface area contributed by atoms with Gasteiger partial charge in [0.05, 0.1) is 44.3 Å². The Kier molecular flexibility index (Phi) is 6.78. The predicted octanol–water partition coefficient (Wildman–Crippen LogP) is 5.32. The number of esters is 1. The van der Waals surface area contributed by atoms with Crippen molar-refractivity contribution in [3.05, 3.63) is 96.0 Å². The van der Waals surface area contributed by atoms with Gasteiger partial charge < -0.3 is 28.8 Å². The van der Waals surface area contributed by atoms with E-state index < -0.39 is 12.0 Å². The molecule has 0 aliphatic carbocycles. The number of carbonyl (C=O) groups excluding carboxylic acids is 1. The summed E-state index contributed by atoms with van der Waals surface area (Å²) in [6, 6.07) is 21.5. The third kappa shape index (κ3) is 4.49. The molecule has 0 saturated carbocycles. The molecule has 3 heterocycles. The average Bonchev–Trinajstić information content (AvgIpc) is 3.57. The fourth-order valence-electron chi connectivity index (χ4n) is 4.53. The van der Waals surface area contributed by atoms with Crippen LogP contribution < -0.4 is 19.7 Å². The third-order valence-corrected chi connectivity index (χ3v) is 6.58. The molecule has 9 heteroatoms. The van der Waals surface area contributed by atoms with Crippen LogP contribution in [0, 0.1) is 0 Å². The van der Waals surface area contributed by atoms with Crippen molar-refractivity contribution >= 4 is 29.0 Å². The van der Waals surface area contributed by atoms with Gasteiger partial charge in [0, 0.05) is 17.8 Å². The van der Waals surface area contributed by atoms with E-state index in [2.05, 4.69) is 10.3 Å². The summed E-state index contributed by atoms with van der Waals surface area (Å²) in [5, 5.41) is 3.91. The lowest BCUT2D eigenvalue weighted by atomic mass is 10.0. The van der Waals surface area contributed by atoms with Crippen LogP contribution in [0.1, 0.15) is 33.9 Å². The summed E-state index contributed by atoms with van der Waals surface area (Å²) in [6.45, 7) is 0. The Bertz CT molecular complexity index is 1440. The van der Waals surface area contributed by atoms with Crippen molar-refractivity contribution in [2.75, 3.05) is 26.2 Å². The molecule has 0 radical (unpaired) electrons. The molecule has 2 aromatic carbocycles. The first-order chi connectivity index (χ1) is 18.0. The Morgan fingerprint density at radius 3 is 2.54 bits per heavy atom. The molecule has 1 N–H and O–H groups in total. The van der Waals surface area contributed by atoms with Gasteiger partial charge in [-0.1, -0.05) is 24.3 Å². The lowest BCUT2D eigenvalue weighted by Gasteiger charge is -2.27. The molecular formula is C28H25N3O5S. The summed E-state index contributed by atoms with van der Waals surface area (Å²) in [4.78, 5) is 18.9. The fourth-order valence-corrected chi connectivity index (χ4v) is 4.87. The van der Waals surface area contributed by atoms with E-state index in [1.54, 1.807) is 32.5 Å². The SMILES string of the molecule is COC(=O)c1ccccc1-c1ccc(C2C(c3ccccn3)NC(=S)N2c2ccc(OC)cc2OC)o1. The molecule has 1 saturated heterocycles. The molecule has 37 heavy (non-hydrogen) atoms. The first-order valence-electron chi connectivity index (χ1n) is 11.6. The maximum Gasteiger partial charge on any atom is 0.338 e. The van der Waals surface area contributed by atoms with Crippen molar-refractivity contribution in [1.82, 2.24) is 10.3 Å². The number of pyridine rings is 1. The summed E-state index contributed by atoms with van der Waals surface area (Å²) in [7, 11) is 4.56. The number of thiocarbonyl (C=S) groups is 1. The molecule has 1 fully saturated rings. The maximum atomic E-state index is 12.4. The zero-order chi connectivity index (χ0) is 25.9. The van der Waals surface area contributed by atoms with Gasteiger partial charge in [-0.25, -0.2) is 4.79 Å². The fraction of sp³-hybridized carbons (Fsp3) is 0.179. The van der Waals surface area contributed by atoms with E-state index >= 15 is 0 Å². The highest BCUT2D eigenvalue weighted by Crippen LogP contribution is 2.46. The van der Waals surface area contributed by atoms with Gasteiger partial charge in [-0.15, -0.1) is 0 Å². The highest BCUT2D eigenvalue weighted by atomic mass is 32.1. The number of nitrogens with one attached hydrogen (secondary N) is 1. The van der Waals surface area contributed by atoms with Crippen LogP contribution in [0.4, 0.5) is 5.69 Å². The van der Waals surface area contributed by atoms with Crippen molar-refractivity contribution in [1.29, 1.82) is 0 Å². The third-order valence-electron chi connectivity index (χ3n) is 6.26. The van der Waals surface area contributed by atoms with Crippen molar-refractivity contribution in [2.24, 2.45) is 0 Å². The van der Waals surface area contributed by atoms with Crippen LogP contribution in [0.3, 0.4) is 0 Å². The number of furan rings is 1. The number of nitrogens with zero attached hydrogens (tertiary/aromatic N) is 2. The second-order valence-corrected chi connectivity index (χ2v) is 8.66. The number of hydrogen-bond acceptors (Lipinski definition) is 7. The van der Waals surface area contributed by atoms with Crippen molar-refractivity contribution in [2.45, 2.75) is 12.1 Å². The molecule has 1 aliphatic rings. The molecular weight excluding hydrogens is 490 g/mol. The van der Waals surface area contributed by atoms with E-state index in [-0.39, 0.29) is 6.04 Å². The Labute approximate surface area is 219 Å². The zero-order valence-electron chi connectivity index (χ0n) is 20.5. The van der Waals surface area contributed by atoms with E-state index in [0.29, 0.717) is 39.3 Å². The summed E-state index contributed by atoms with van der Waals surface area (Å²) in [6.07, 6.45) is 1.74. The highest BCUT2D eigenvalue weighted by Gasteiger charge is 2.43. The minimum atomic E-state index is -0.437. The number of carbonyl (C=O) groups is 1. The van der Waals surface area contributed by atoms with Crippen LogP contribution in [-0.4, -0.2) is 37.4 Å². The van der Waals surface area contributed by atoms with Gasteiger partial charge in [0.15, 0.2) is 5.11 Å². The van der Waals surface area contributed by atoms with E-state index in [1.165, 1.54) is 7.11 Å². The van der Waals surface area contributed by atoms with E-state index in [1.807, 2.05) is 65.6 Å². The Hall–Kier alpha value is -4.37. The number of methoxy groups -OCH3 is 3. The molecule has 188 valence electrons. The highest BCUT2D eigenvalue weighted by molar-refractivity contribution is 7.80. The minimum absolute atomic E-state index is 0.310. The molecule has 1 aliphatic heterocycles. The number of hydrogen-bond donors (Lipinski definition) is 1. The average molecular weight is 516 g/mol. The lowest BCUT2D eigenvalue weighted by molar-refractivity contribution is 0.0601. The zero-order valence-corrected chi connectivity index (χ0v) is 21.3.